The van der Waals surface area contributed by atoms with Crippen LogP contribution in [0.5, 0.6) is 0 Å². The van der Waals surface area contributed by atoms with Gasteiger partial charge in [-0.15, -0.1) is 0 Å². The standard InChI is InChI=1S/C14H17N3O3S/c15-11-6-7-13(14(8-11)21(18,19)20)17-9-12(16)10-4-2-1-3-5-10/h1-8,12,17H,9,15-16H2,(H,18,19,20). The van der Waals surface area contributed by atoms with Gasteiger partial charge in [-0.3, -0.25) is 4.55 Å². The Morgan fingerprint density at radius 1 is 1.14 bits per heavy atom. The second-order valence-corrected chi connectivity index (χ2v) is 6.02. The van der Waals surface area contributed by atoms with Crippen LogP contribution in [0.4, 0.5) is 11.4 Å². The van der Waals surface area contributed by atoms with Gasteiger partial charge in [-0.1, -0.05) is 30.3 Å². The first-order chi connectivity index (χ1) is 9.88. The van der Waals surface area contributed by atoms with E-state index in [9.17, 15) is 13.0 Å². The zero-order chi connectivity index (χ0) is 15.5. The lowest BCUT2D eigenvalue weighted by atomic mass is 10.1. The Morgan fingerprint density at radius 3 is 2.43 bits per heavy atom. The van der Waals surface area contributed by atoms with Gasteiger partial charge in [0.25, 0.3) is 10.1 Å². The monoisotopic (exact) mass is 307 g/mol. The fraction of sp³-hybridized carbons (Fsp3) is 0.143. The number of rotatable bonds is 5. The van der Waals surface area contributed by atoms with Crippen molar-refractivity contribution in [2.75, 3.05) is 17.6 Å². The third kappa shape index (κ3) is 3.94. The van der Waals surface area contributed by atoms with E-state index in [2.05, 4.69) is 5.32 Å². The van der Waals surface area contributed by atoms with E-state index in [0.29, 0.717) is 6.54 Å². The fourth-order valence-electron chi connectivity index (χ4n) is 1.94. The minimum absolute atomic E-state index is 0.250. The number of hydrogen-bond acceptors (Lipinski definition) is 5. The summed E-state index contributed by atoms with van der Waals surface area (Å²) in [4.78, 5) is -0.261. The molecular weight excluding hydrogens is 290 g/mol. The van der Waals surface area contributed by atoms with E-state index >= 15 is 0 Å². The normalized spacial score (nSPS) is 12.9. The SMILES string of the molecule is Nc1ccc(NCC(N)c2ccccc2)c(S(=O)(=O)O)c1. The summed E-state index contributed by atoms with van der Waals surface area (Å²) in [6.45, 7) is 0.316. The molecule has 0 aliphatic rings. The van der Waals surface area contributed by atoms with Crippen molar-refractivity contribution in [1.29, 1.82) is 0 Å². The smallest absolute Gasteiger partial charge is 0.296 e. The Balaban J connectivity index is 2.17. The average Bonchev–Trinajstić information content (AvgIpc) is 2.45. The van der Waals surface area contributed by atoms with Crippen molar-refractivity contribution in [3.63, 3.8) is 0 Å². The van der Waals surface area contributed by atoms with Crippen molar-refractivity contribution in [3.05, 3.63) is 54.1 Å². The number of nitrogens with one attached hydrogen (secondary N) is 1. The lowest BCUT2D eigenvalue weighted by Gasteiger charge is -2.16. The predicted octanol–water partition coefficient (Wildman–Crippen LogP) is 1.63. The minimum Gasteiger partial charge on any atom is -0.399 e. The average molecular weight is 307 g/mol. The summed E-state index contributed by atoms with van der Waals surface area (Å²) < 4.78 is 31.9. The quantitative estimate of drug-likeness (QED) is 0.492. The van der Waals surface area contributed by atoms with Crippen LogP contribution in [-0.4, -0.2) is 19.5 Å². The number of nitrogens with two attached hydrogens (primary N) is 2. The summed E-state index contributed by atoms with van der Waals surface area (Å²) in [7, 11) is -4.35. The molecule has 2 rings (SSSR count). The molecule has 0 amide bonds. The molecule has 0 saturated heterocycles. The molecule has 6 nitrogen and oxygen atoms in total. The van der Waals surface area contributed by atoms with Gasteiger partial charge < -0.3 is 16.8 Å². The Bertz CT molecular complexity index is 717. The molecule has 21 heavy (non-hydrogen) atoms. The third-order valence-corrected chi connectivity index (χ3v) is 3.92. The maximum Gasteiger partial charge on any atom is 0.296 e. The zero-order valence-electron chi connectivity index (χ0n) is 11.2. The molecule has 1 atom stereocenters. The molecule has 0 bridgehead atoms. The highest BCUT2D eigenvalue weighted by Crippen LogP contribution is 2.24. The largest absolute Gasteiger partial charge is 0.399 e. The molecule has 0 aromatic heterocycles. The second-order valence-electron chi connectivity index (χ2n) is 4.63. The Morgan fingerprint density at radius 2 is 1.81 bits per heavy atom. The summed E-state index contributed by atoms with van der Waals surface area (Å²) in [5.41, 5.74) is 13.0. The Labute approximate surface area is 123 Å². The first kappa shape index (κ1) is 15.3. The number of benzene rings is 2. The summed E-state index contributed by atoms with van der Waals surface area (Å²) in [5, 5.41) is 2.93. The first-order valence-electron chi connectivity index (χ1n) is 6.29. The molecule has 112 valence electrons. The Kier molecular flexibility index (Phi) is 4.46. The molecule has 0 radical (unpaired) electrons. The van der Waals surface area contributed by atoms with Crippen LogP contribution >= 0.6 is 0 Å². The minimum atomic E-state index is -4.35. The van der Waals surface area contributed by atoms with Gasteiger partial charge in [-0.05, 0) is 23.8 Å². The molecule has 0 saturated carbocycles. The number of anilines is 2. The Hall–Kier alpha value is -2.09. The van der Waals surface area contributed by atoms with Gasteiger partial charge in [0.2, 0.25) is 0 Å². The zero-order valence-corrected chi connectivity index (χ0v) is 12.0. The van der Waals surface area contributed by atoms with Gasteiger partial charge in [0.05, 0.1) is 5.69 Å². The van der Waals surface area contributed by atoms with E-state index in [-0.39, 0.29) is 22.3 Å². The lowest BCUT2D eigenvalue weighted by molar-refractivity contribution is 0.483. The van der Waals surface area contributed by atoms with Crippen molar-refractivity contribution in [3.8, 4) is 0 Å². The van der Waals surface area contributed by atoms with Crippen LogP contribution in [0.2, 0.25) is 0 Å². The van der Waals surface area contributed by atoms with E-state index in [1.807, 2.05) is 30.3 Å². The summed E-state index contributed by atoms with van der Waals surface area (Å²) in [6, 6.07) is 13.4. The molecule has 0 fully saturated rings. The molecule has 0 heterocycles. The molecule has 2 aromatic rings. The first-order valence-corrected chi connectivity index (χ1v) is 7.73. The maximum absolute atomic E-state index is 11.3. The van der Waals surface area contributed by atoms with Crippen LogP contribution in [0.1, 0.15) is 11.6 Å². The van der Waals surface area contributed by atoms with Crippen LogP contribution < -0.4 is 16.8 Å². The fourth-order valence-corrected chi connectivity index (χ4v) is 2.64. The van der Waals surface area contributed by atoms with E-state index in [0.717, 1.165) is 5.56 Å². The number of nitrogen functional groups attached to an aromatic ring is 1. The van der Waals surface area contributed by atoms with Crippen molar-refractivity contribution in [2.24, 2.45) is 5.73 Å². The van der Waals surface area contributed by atoms with E-state index in [1.54, 1.807) is 6.07 Å². The van der Waals surface area contributed by atoms with E-state index in [4.69, 9.17) is 11.5 Å². The molecule has 7 heteroatoms. The van der Waals surface area contributed by atoms with Gasteiger partial charge in [-0.2, -0.15) is 8.42 Å². The lowest BCUT2D eigenvalue weighted by Crippen LogP contribution is -2.21. The van der Waals surface area contributed by atoms with Gasteiger partial charge >= 0.3 is 0 Å². The highest BCUT2D eigenvalue weighted by Gasteiger charge is 2.16. The van der Waals surface area contributed by atoms with Crippen LogP contribution in [0, 0.1) is 0 Å². The topological polar surface area (TPSA) is 118 Å². The van der Waals surface area contributed by atoms with Crippen molar-refractivity contribution >= 4 is 21.5 Å². The van der Waals surface area contributed by atoms with Gasteiger partial charge in [0.15, 0.2) is 0 Å². The molecule has 1 unspecified atom stereocenters. The van der Waals surface area contributed by atoms with E-state index < -0.39 is 10.1 Å². The van der Waals surface area contributed by atoms with Gasteiger partial charge in [0, 0.05) is 18.3 Å². The van der Waals surface area contributed by atoms with Crippen molar-refractivity contribution in [2.45, 2.75) is 10.9 Å². The van der Waals surface area contributed by atoms with Gasteiger partial charge in [-0.25, -0.2) is 0 Å². The summed E-state index contributed by atoms with van der Waals surface area (Å²) >= 11 is 0. The number of hydrogen-bond donors (Lipinski definition) is 4. The molecule has 0 aliphatic heterocycles. The summed E-state index contributed by atoms with van der Waals surface area (Å²) in [6.07, 6.45) is 0. The highest BCUT2D eigenvalue weighted by atomic mass is 32.2. The molecule has 6 N–H and O–H groups in total. The molecular formula is C14H17N3O3S. The third-order valence-electron chi connectivity index (χ3n) is 3.02. The van der Waals surface area contributed by atoms with Crippen LogP contribution in [0.3, 0.4) is 0 Å². The molecule has 0 aliphatic carbocycles. The highest BCUT2D eigenvalue weighted by molar-refractivity contribution is 7.86. The van der Waals surface area contributed by atoms with Crippen LogP contribution in [-0.2, 0) is 10.1 Å². The predicted molar refractivity (Wildman–Crippen MR) is 82.5 cm³/mol. The van der Waals surface area contributed by atoms with Gasteiger partial charge in [0.1, 0.15) is 4.90 Å². The maximum atomic E-state index is 11.3. The van der Waals surface area contributed by atoms with Crippen molar-refractivity contribution < 1.29 is 13.0 Å². The van der Waals surface area contributed by atoms with E-state index in [1.165, 1.54) is 12.1 Å². The second kappa shape index (κ2) is 6.13. The van der Waals surface area contributed by atoms with Crippen molar-refractivity contribution in [1.82, 2.24) is 0 Å². The van der Waals surface area contributed by atoms with Crippen LogP contribution in [0.25, 0.3) is 0 Å². The van der Waals surface area contributed by atoms with Crippen LogP contribution in [0.15, 0.2) is 53.4 Å². The summed E-state index contributed by atoms with van der Waals surface area (Å²) in [5.74, 6) is 0. The molecule has 0 spiro atoms. The molecule has 2 aromatic carbocycles.